The van der Waals surface area contributed by atoms with Crippen LogP contribution in [0.5, 0.6) is 0 Å². The van der Waals surface area contributed by atoms with Gasteiger partial charge in [-0.05, 0) is 30.5 Å². The molecule has 0 bridgehead atoms. The minimum Gasteiger partial charge on any atom is -0.465 e. The zero-order chi connectivity index (χ0) is 23.2. The molecule has 0 saturated carbocycles. The molecule has 0 unspecified atom stereocenters. The Balaban J connectivity index is 2.32. The highest BCUT2D eigenvalue weighted by atomic mass is 32.2. The van der Waals surface area contributed by atoms with Crippen LogP contribution in [0, 0.1) is 5.92 Å². The van der Waals surface area contributed by atoms with Crippen molar-refractivity contribution >= 4 is 16.0 Å². The standard InChI is InChI=1S/C22H31N3O5S/c1-6-16(4)21(22(27)30-8-3)24(5)31(28,29)18-11-9-17(10-12-18)15-25-19(7-2)23-14-13-20(25)26/h9-14,16,21H,6-8,15H2,1-5H3/t16-,21-/m1/s1. The molecular formula is C22H31N3O5S. The molecule has 2 atom stereocenters. The first-order chi connectivity index (χ1) is 14.7. The smallest absolute Gasteiger partial charge is 0.324 e. The van der Waals surface area contributed by atoms with E-state index in [9.17, 15) is 18.0 Å². The highest BCUT2D eigenvalue weighted by molar-refractivity contribution is 7.89. The van der Waals surface area contributed by atoms with Crippen LogP contribution >= 0.6 is 0 Å². The Hall–Kier alpha value is -2.52. The number of nitrogens with zero attached hydrogens (tertiary/aromatic N) is 3. The Morgan fingerprint density at radius 1 is 1.16 bits per heavy atom. The monoisotopic (exact) mass is 449 g/mol. The number of esters is 1. The Morgan fingerprint density at radius 3 is 2.35 bits per heavy atom. The molecule has 0 radical (unpaired) electrons. The largest absolute Gasteiger partial charge is 0.465 e. The molecule has 0 saturated heterocycles. The van der Waals surface area contributed by atoms with Crippen molar-refractivity contribution in [3.05, 3.63) is 58.3 Å². The number of carbonyl (C=O) groups is 1. The van der Waals surface area contributed by atoms with Crippen LogP contribution < -0.4 is 5.56 Å². The van der Waals surface area contributed by atoms with Gasteiger partial charge >= 0.3 is 5.97 Å². The van der Waals surface area contributed by atoms with Crippen LogP contribution in [0.2, 0.25) is 0 Å². The van der Waals surface area contributed by atoms with E-state index in [1.165, 1.54) is 31.4 Å². The highest BCUT2D eigenvalue weighted by Crippen LogP contribution is 2.23. The molecule has 8 nitrogen and oxygen atoms in total. The molecule has 9 heteroatoms. The molecule has 31 heavy (non-hydrogen) atoms. The lowest BCUT2D eigenvalue weighted by molar-refractivity contribution is -0.149. The van der Waals surface area contributed by atoms with Gasteiger partial charge in [0.05, 0.1) is 18.0 Å². The minimum atomic E-state index is -3.92. The first kappa shape index (κ1) is 24.7. The van der Waals surface area contributed by atoms with Crippen LogP contribution in [0.4, 0.5) is 0 Å². The van der Waals surface area contributed by atoms with E-state index in [1.54, 1.807) is 23.6 Å². The zero-order valence-corrected chi connectivity index (χ0v) is 19.6. The van der Waals surface area contributed by atoms with E-state index in [1.807, 2.05) is 20.8 Å². The SMILES string of the molecule is CCOC(=O)[C@@H]([C@H](C)CC)N(C)S(=O)(=O)c1ccc(Cn2c(CC)nccc2=O)cc1. The quantitative estimate of drug-likeness (QED) is 0.517. The summed E-state index contributed by atoms with van der Waals surface area (Å²) in [5.74, 6) is -0.0969. The topological polar surface area (TPSA) is 98.6 Å². The molecule has 170 valence electrons. The summed E-state index contributed by atoms with van der Waals surface area (Å²) in [6.45, 7) is 7.81. The van der Waals surface area contributed by atoms with E-state index in [2.05, 4.69) is 4.98 Å². The summed E-state index contributed by atoms with van der Waals surface area (Å²) in [6.07, 6.45) is 2.72. The molecule has 0 spiro atoms. The Morgan fingerprint density at radius 2 is 1.81 bits per heavy atom. The van der Waals surface area contributed by atoms with Crippen molar-refractivity contribution < 1.29 is 17.9 Å². The molecule has 1 heterocycles. The van der Waals surface area contributed by atoms with E-state index in [-0.39, 0.29) is 23.0 Å². The Labute approximate surface area is 183 Å². The van der Waals surface area contributed by atoms with Gasteiger partial charge in [-0.3, -0.25) is 14.2 Å². The number of hydrogen-bond acceptors (Lipinski definition) is 6. The first-order valence-corrected chi connectivity index (χ1v) is 11.9. The third kappa shape index (κ3) is 5.59. The summed E-state index contributed by atoms with van der Waals surface area (Å²) in [6, 6.07) is 6.82. The summed E-state index contributed by atoms with van der Waals surface area (Å²) in [5, 5.41) is 0. The summed E-state index contributed by atoms with van der Waals surface area (Å²) >= 11 is 0. The minimum absolute atomic E-state index is 0.0746. The molecule has 0 amide bonds. The van der Waals surface area contributed by atoms with E-state index >= 15 is 0 Å². The number of aryl methyl sites for hydroxylation is 1. The molecule has 0 aliphatic rings. The van der Waals surface area contributed by atoms with Gasteiger partial charge < -0.3 is 4.74 Å². The van der Waals surface area contributed by atoms with Crippen LogP contribution in [0.25, 0.3) is 0 Å². The molecule has 1 aromatic heterocycles. The second-order valence-electron chi connectivity index (χ2n) is 7.39. The van der Waals surface area contributed by atoms with Gasteiger partial charge in [-0.25, -0.2) is 13.4 Å². The number of aromatic nitrogens is 2. The van der Waals surface area contributed by atoms with Crippen LogP contribution in [-0.2, 0) is 32.5 Å². The number of benzene rings is 1. The number of sulfonamides is 1. The van der Waals surface area contributed by atoms with Crippen molar-refractivity contribution in [1.29, 1.82) is 0 Å². The van der Waals surface area contributed by atoms with E-state index in [0.29, 0.717) is 25.2 Å². The summed E-state index contributed by atoms with van der Waals surface area (Å²) in [4.78, 5) is 28.9. The van der Waals surface area contributed by atoms with Crippen LogP contribution in [0.3, 0.4) is 0 Å². The maximum atomic E-state index is 13.2. The second kappa shape index (κ2) is 10.7. The summed E-state index contributed by atoms with van der Waals surface area (Å²) < 4.78 is 34.1. The average molecular weight is 450 g/mol. The van der Waals surface area contributed by atoms with Gasteiger partial charge in [0.1, 0.15) is 11.9 Å². The van der Waals surface area contributed by atoms with Crippen molar-refractivity contribution in [2.24, 2.45) is 5.92 Å². The van der Waals surface area contributed by atoms with Crippen molar-refractivity contribution in [2.75, 3.05) is 13.7 Å². The fraction of sp³-hybridized carbons (Fsp3) is 0.500. The summed E-state index contributed by atoms with van der Waals surface area (Å²) in [5.41, 5.74) is 0.615. The van der Waals surface area contributed by atoms with Crippen LogP contribution in [-0.4, -0.2) is 47.9 Å². The molecule has 2 rings (SSSR count). The highest BCUT2D eigenvalue weighted by Gasteiger charge is 2.37. The van der Waals surface area contributed by atoms with E-state index in [4.69, 9.17) is 4.74 Å². The Bertz CT molecular complexity index is 1050. The second-order valence-corrected chi connectivity index (χ2v) is 9.38. The Kier molecular flexibility index (Phi) is 8.52. The number of rotatable bonds is 10. The van der Waals surface area contributed by atoms with Gasteiger partial charge in [-0.15, -0.1) is 0 Å². The van der Waals surface area contributed by atoms with Crippen molar-refractivity contribution in [1.82, 2.24) is 13.9 Å². The fourth-order valence-electron chi connectivity index (χ4n) is 3.38. The third-order valence-corrected chi connectivity index (χ3v) is 7.23. The van der Waals surface area contributed by atoms with Gasteiger partial charge in [-0.1, -0.05) is 39.3 Å². The number of hydrogen-bond donors (Lipinski definition) is 0. The van der Waals surface area contributed by atoms with Gasteiger partial charge in [0.2, 0.25) is 10.0 Å². The maximum Gasteiger partial charge on any atom is 0.324 e. The number of ether oxygens (including phenoxy) is 1. The normalized spacial score (nSPS) is 13.7. The first-order valence-electron chi connectivity index (χ1n) is 10.5. The fourth-order valence-corrected chi connectivity index (χ4v) is 4.79. The number of carbonyl (C=O) groups excluding carboxylic acids is 1. The predicted molar refractivity (Wildman–Crippen MR) is 118 cm³/mol. The molecule has 1 aromatic carbocycles. The molecule has 0 fully saturated rings. The van der Waals surface area contributed by atoms with Gasteiger partial charge in [0.15, 0.2) is 0 Å². The average Bonchev–Trinajstić information content (AvgIpc) is 2.75. The van der Waals surface area contributed by atoms with Gasteiger partial charge in [0.25, 0.3) is 5.56 Å². The molecule has 2 aromatic rings. The molecule has 0 aliphatic carbocycles. The van der Waals surface area contributed by atoms with E-state index in [0.717, 1.165) is 9.87 Å². The summed E-state index contributed by atoms with van der Waals surface area (Å²) in [7, 11) is -2.51. The predicted octanol–water partition coefficient (Wildman–Crippen LogP) is 2.45. The molecule has 0 aliphatic heterocycles. The van der Waals surface area contributed by atoms with Crippen LogP contribution in [0.1, 0.15) is 45.5 Å². The van der Waals surface area contributed by atoms with Gasteiger partial charge in [0, 0.05) is 25.7 Å². The van der Waals surface area contributed by atoms with Crippen molar-refractivity contribution in [2.45, 2.75) is 58.0 Å². The maximum absolute atomic E-state index is 13.2. The zero-order valence-electron chi connectivity index (χ0n) is 18.7. The van der Waals surface area contributed by atoms with Crippen molar-refractivity contribution in [3.63, 3.8) is 0 Å². The lowest BCUT2D eigenvalue weighted by atomic mass is 9.99. The molecular weight excluding hydrogens is 418 g/mol. The van der Waals surface area contributed by atoms with Crippen molar-refractivity contribution in [3.8, 4) is 0 Å². The number of likely N-dealkylation sites (N-methyl/N-ethyl adjacent to an activating group) is 1. The molecule has 0 N–H and O–H groups in total. The van der Waals surface area contributed by atoms with E-state index < -0.39 is 22.0 Å². The lowest BCUT2D eigenvalue weighted by Gasteiger charge is -2.29. The van der Waals surface area contributed by atoms with Gasteiger partial charge in [-0.2, -0.15) is 4.31 Å². The third-order valence-electron chi connectivity index (χ3n) is 5.38. The lowest BCUT2D eigenvalue weighted by Crippen LogP contribution is -2.47. The van der Waals surface area contributed by atoms with Crippen LogP contribution in [0.15, 0.2) is 46.2 Å².